The van der Waals surface area contributed by atoms with Crippen molar-refractivity contribution in [2.75, 3.05) is 17.2 Å². The van der Waals surface area contributed by atoms with Crippen LogP contribution >= 0.6 is 11.6 Å². The Labute approximate surface area is 162 Å². The van der Waals surface area contributed by atoms with Crippen LogP contribution in [0.15, 0.2) is 48.5 Å². The molecule has 0 aliphatic carbocycles. The van der Waals surface area contributed by atoms with Crippen molar-refractivity contribution >= 4 is 40.1 Å². The Morgan fingerprint density at radius 2 is 1.93 bits per heavy atom. The molecule has 0 aliphatic heterocycles. The second kappa shape index (κ2) is 7.25. The van der Waals surface area contributed by atoms with E-state index in [0.29, 0.717) is 11.0 Å². The summed E-state index contributed by atoms with van der Waals surface area (Å²) in [5.74, 6) is 2.14. The molecule has 7 heteroatoms. The van der Waals surface area contributed by atoms with Crippen LogP contribution in [0.2, 0.25) is 5.02 Å². The van der Waals surface area contributed by atoms with E-state index in [0.717, 1.165) is 46.2 Å². The van der Waals surface area contributed by atoms with Crippen molar-refractivity contribution in [3.63, 3.8) is 0 Å². The number of H-pyrrole nitrogens is 1. The number of aryl methyl sites for hydroxylation is 1. The van der Waals surface area contributed by atoms with Gasteiger partial charge in [-0.25, -0.2) is 9.97 Å². The fourth-order valence-electron chi connectivity index (χ4n) is 2.88. The highest BCUT2D eigenvalue weighted by molar-refractivity contribution is 6.30. The van der Waals surface area contributed by atoms with Crippen LogP contribution in [0.3, 0.4) is 0 Å². The maximum absolute atomic E-state index is 6.09. The van der Waals surface area contributed by atoms with Crippen molar-refractivity contribution in [2.24, 2.45) is 0 Å². The fourth-order valence-corrected chi connectivity index (χ4v) is 3.07. The van der Waals surface area contributed by atoms with Gasteiger partial charge in [0.1, 0.15) is 11.6 Å². The van der Waals surface area contributed by atoms with Crippen LogP contribution < -0.4 is 10.6 Å². The molecule has 2 aromatic heterocycles. The first-order chi connectivity index (χ1) is 13.1. The van der Waals surface area contributed by atoms with E-state index < -0.39 is 0 Å². The number of anilines is 3. The third-order valence-corrected chi connectivity index (χ3v) is 4.28. The molecule has 4 rings (SSSR count). The first kappa shape index (κ1) is 17.3. The lowest BCUT2D eigenvalue weighted by molar-refractivity contribution is 1.08. The third-order valence-electron chi connectivity index (χ3n) is 4.05. The van der Waals surface area contributed by atoms with Gasteiger partial charge in [0.25, 0.3) is 0 Å². The number of benzene rings is 2. The lowest BCUT2D eigenvalue weighted by Crippen LogP contribution is -2.04. The summed E-state index contributed by atoms with van der Waals surface area (Å²) in [6.45, 7) is 4.79. The number of aromatic nitrogens is 4. The van der Waals surface area contributed by atoms with Crippen LogP contribution in [0, 0.1) is 6.92 Å². The predicted octanol–water partition coefficient (Wildman–Crippen LogP) is 5.16. The summed E-state index contributed by atoms with van der Waals surface area (Å²) in [5, 5.41) is 7.15. The lowest BCUT2D eigenvalue weighted by Gasteiger charge is -2.08. The highest BCUT2D eigenvalue weighted by Crippen LogP contribution is 2.25. The minimum absolute atomic E-state index is 0.552. The Morgan fingerprint density at radius 1 is 1.04 bits per heavy atom. The minimum Gasteiger partial charge on any atom is -0.370 e. The Kier molecular flexibility index (Phi) is 4.64. The van der Waals surface area contributed by atoms with Crippen molar-refractivity contribution < 1.29 is 0 Å². The lowest BCUT2D eigenvalue weighted by atomic mass is 10.2. The highest BCUT2D eigenvalue weighted by Gasteiger charge is 2.08. The van der Waals surface area contributed by atoms with Gasteiger partial charge in [-0.1, -0.05) is 23.7 Å². The number of hydrogen-bond acceptors (Lipinski definition) is 5. The van der Waals surface area contributed by atoms with Crippen LogP contribution in [-0.4, -0.2) is 26.5 Å². The second-order valence-electron chi connectivity index (χ2n) is 6.20. The van der Waals surface area contributed by atoms with E-state index >= 15 is 0 Å². The van der Waals surface area contributed by atoms with Crippen LogP contribution in [0.25, 0.3) is 22.4 Å². The predicted molar refractivity (Wildman–Crippen MR) is 111 cm³/mol. The van der Waals surface area contributed by atoms with Gasteiger partial charge in [-0.2, -0.15) is 4.98 Å². The molecule has 0 radical (unpaired) electrons. The molecule has 0 fully saturated rings. The van der Waals surface area contributed by atoms with Crippen LogP contribution in [0.5, 0.6) is 0 Å². The van der Waals surface area contributed by atoms with E-state index in [1.165, 1.54) is 0 Å². The normalized spacial score (nSPS) is 10.9. The van der Waals surface area contributed by atoms with E-state index in [1.54, 1.807) is 0 Å². The van der Waals surface area contributed by atoms with Gasteiger partial charge in [-0.15, -0.1) is 0 Å². The summed E-state index contributed by atoms with van der Waals surface area (Å²) in [6.07, 6.45) is 0. The summed E-state index contributed by atoms with van der Waals surface area (Å²) in [4.78, 5) is 16.9. The van der Waals surface area contributed by atoms with Gasteiger partial charge in [0.2, 0.25) is 5.95 Å². The molecule has 0 atom stereocenters. The van der Waals surface area contributed by atoms with Gasteiger partial charge in [0.15, 0.2) is 0 Å². The van der Waals surface area contributed by atoms with Gasteiger partial charge in [0, 0.05) is 34.6 Å². The molecule has 0 saturated carbocycles. The number of nitrogens with zero attached hydrogens (tertiary/aromatic N) is 3. The largest absolute Gasteiger partial charge is 0.370 e. The van der Waals surface area contributed by atoms with E-state index in [2.05, 4.69) is 30.6 Å². The molecule has 0 bridgehead atoms. The van der Waals surface area contributed by atoms with E-state index in [4.69, 9.17) is 11.6 Å². The number of fused-ring (bicyclic) bond motifs is 1. The van der Waals surface area contributed by atoms with Crippen molar-refractivity contribution in [3.05, 3.63) is 59.2 Å². The number of rotatable bonds is 5. The Hall–Kier alpha value is -3.12. The summed E-state index contributed by atoms with van der Waals surface area (Å²) < 4.78 is 0. The second-order valence-corrected chi connectivity index (χ2v) is 6.64. The Balaban J connectivity index is 1.64. The molecule has 27 heavy (non-hydrogen) atoms. The number of halogens is 1. The van der Waals surface area contributed by atoms with Gasteiger partial charge < -0.3 is 15.6 Å². The van der Waals surface area contributed by atoms with Gasteiger partial charge >= 0.3 is 0 Å². The number of nitrogens with one attached hydrogen (secondary N) is 3. The minimum atomic E-state index is 0.552. The first-order valence-corrected chi connectivity index (χ1v) is 9.11. The summed E-state index contributed by atoms with van der Waals surface area (Å²) in [6, 6.07) is 15.5. The molecule has 0 spiro atoms. The zero-order valence-corrected chi connectivity index (χ0v) is 15.8. The Morgan fingerprint density at radius 3 is 2.74 bits per heavy atom. The molecule has 0 saturated heterocycles. The third kappa shape index (κ3) is 3.85. The van der Waals surface area contributed by atoms with E-state index in [-0.39, 0.29) is 0 Å². The van der Waals surface area contributed by atoms with Crippen molar-refractivity contribution in [1.82, 2.24) is 19.9 Å². The standard InChI is InChI=1S/C20H19ClN6/c1-3-22-18-9-12(2)23-20(27-18)24-15-7-8-16-17(11-15)26-19(25-16)13-5-4-6-14(21)10-13/h4-11H,3H2,1-2H3,(H,25,26)(H2,22,23,24,27). The van der Waals surface area contributed by atoms with Gasteiger partial charge in [-0.3, -0.25) is 0 Å². The molecular formula is C20H19ClN6. The number of hydrogen-bond donors (Lipinski definition) is 3. The van der Waals surface area contributed by atoms with Gasteiger partial charge in [-0.05, 0) is 44.2 Å². The Bertz CT molecular complexity index is 1100. The highest BCUT2D eigenvalue weighted by atomic mass is 35.5. The topological polar surface area (TPSA) is 78.5 Å². The molecule has 2 aromatic carbocycles. The van der Waals surface area contributed by atoms with E-state index in [1.807, 2.05) is 62.4 Å². The van der Waals surface area contributed by atoms with E-state index in [9.17, 15) is 0 Å². The van der Waals surface area contributed by atoms with Gasteiger partial charge in [0.05, 0.1) is 11.0 Å². The summed E-state index contributed by atoms with van der Waals surface area (Å²) in [5.41, 5.74) is 4.53. The molecule has 4 aromatic rings. The molecule has 2 heterocycles. The molecule has 0 amide bonds. The quantitative estimate of drug-likeness (QED) is 0.447. The van der Waals surface area contributed by atoms with Crippen molar-refractivity contribution in [1.29, 1.82) is 0 Å². The maximum atomic E-state index is 6.09. The zero-order valence-electron chi connectivity index (χ0n) is 15.0. The van der Waals surface area contributed by atoms with Crippen molar-refractivity contribution in [3.8, 4) is 11.4 Å². The monoisotopic (exact) mass is 378 g/mol. The zero-order chi connectivity index (χ0) is 18.8. The maximum Gasteiger partial charge on any atom is 0.229 e. The molecule has 136 valence electrons. The summed E-state index contributed by atoms with van der Waals surface area (Å²) in [7, 11) is 0. The molecule has 6 nitrogen and oxygen atoms in total. The molecule has 3 N–H and O–H groups in total. The molecular weight excluding hydrogens is 360 g/mol. The van der Waals surface area contributed by atoms with Crippen LogP contribution in [-0.2, 0) is 0 Å². The average molecular weight is 379 g/mol. The summed E-state index contributed by atoms with van der Waals surface area (Å²) >= 11 is 6.09. The molecule has 0 aliphatic rings. The number of aromatic amines is 1. The average Bonchev–Trinajstić information content (AvgIpc) is 3.05. The number of imidazole rings is 1. The molecule has 0 unspecified atom stereocenters. The van der Waals surface area contributed by atoms with Crippen LogP contribution in [0.4, 0.5) is 17.5 Å². The SMILES string of the molecule is CCNc1cc(C)nc(Nc2ccc3[nH]c(-c4cccc(Cl)c4)nc3c2)n1. The van der Waals surface area contributed by atoms with Crippen molar-refractivity contribution in [2.45, 2.75) is 13.8 Å². The smallest absolute Gasteiger partial charge is 0.229 e. The first-order valence-electron chi connectivity index (χ1n) is 8.73. The fraction of sp³-hybridized carbons (Fsp3) is 0.150. The van der Waals surface area contributed by atoms with Crippen LogP contribution in [0.1, 0.15) is 12.6 Å².